The van der Waals surface area contributed by atoms with Gasteiger partial charge in [0.25, 0.3) is 0 Å². The Hall–Kier alpha value is -3.79. The third kappa shape index (κ3) is 46.2. The topological polar surface area (TPSA) is 111 Å². The third-order valence-corrected chi connectivity index (χ3v) is 10.1. The third-order valence-electron chi connectivity index (χ3n) is 10.1. The highest BCUT2D eigenvalue weighted by Gasteiger charge is 2.21. The zero-order chi connectivity index (χ0) is 47.0. The molecule has 0 N–H and O–H groups in total. The Bertz CT molecular complexity index is 1370. The van der Waals surface area contributed by atoms with Crippen LogP contribution in [0.4, 0.5) is 0 Å². The van der Waals surface area contributed by atoms with Crippen molar-refractivity contribution in [2.75, 3.05) is 47.5 Å². The summed E-state index contributed by atoms with van der Waals surface area (Å²) < 4.78 is 22.4. The molecular weight excluding hydrogens is 803 g/mol. The molecule has 0 aliphatic heterocycles. The first-order valence-electron chi connectivity index (χ1n) is 24.9. The number of quaternary nitrogens is 1. The van der Waals surface area contributed by atoms with E-state index in [0.29, 0.717) is 17.4 Å². The van der Waals surface area contributed by atoms with Crippen molar-refractivity contribution < 1.29 is 42.9 Å². The molecule has 2 atom stereocenters. The molecule has 0 aromatic rings. The molecule has 0 saturated carbocycles. The molecule has 0 spiro atoms. The van der Waals surface area contributed by atoms with Crippen LogP contribution < -0.4 is 5.11 Å². The fourth-order valence-corrected chi connectivity index (χ4v) is 6.26. The number of ether oxygens (including phenoxy) is 4. The maximum Gasteiger partial charge on any atom is 0.306 e. The second kappa shape index (κ2) is 45.8. The van der Waals surface area contributed by atoms with Gasteiger partial charge in [0.1, 0.15) is 13.2 Å². The predicted octanol–water partition coefficient (Wildman–Crippen LogP) is 12.5. The average Bonchev–Trinajstić information content (AvgIpc) is 3.26. The van der Waals surface area contributed by atoms with Crippen LogP contribution in [0.2, 0.25) is 0 Å². The van der Waals surface area contributed by atoms with Gasteiger partial charge in [0.05, 0.1) is 40.3 Å². The lowest BCUT2D eigenvalue weighted by molar-refractivity contribution is -0.870. The molecule has 2 unspecified atom stereocenters. The largest absolute Gasteiger partial charge is 0.545 e. The Morgan fingerprint density at radius 3 is 1.33 bits per heavy atom. The van der Waals surface area contributed by atoms with Crippen molar-refractivity contribution in [2.24, 2.45) is 0 Å². The molecule has 0 radical (unpaired) electrons. The summed E-state index contributed by atoms with van der Waals surface area (Å²) >= 11 is 0. The van der Waals surface area contributed by atoms with Crippen molar-refractivity contribution in [3.05, 3.63) is 97.2 Å². The van der Waals surface area contributed by atoms with E-state index in [1.807, 2.05) is 21.1 Å². The summed E-state index contributed by atoms with van der Waals surface area (Å²) in [6.07, 6.45) is 57.7. The highest BCUT2D eigenvalue weighted by atomic mass is 16.7. The highest BCUT2D eigenvalue weighted by Crippen LogP contribution is 2.13. The van der Waals surface area contributed by atoms with Crippen LogP contribution in [-0.4, -0.2) is 82.3 Å². The molecule has 0 amide bonds. The van der Waals surface area contributed by atoms with E-state index in [0.717, 1.165) is 109 Å². The minimum atomic E-state index is -1.62. The lowest BCUT2D eigenvalue weighted by Gasteiger charge is -2.26. The van der Waals surface area contributed by atoms with E-state index < -0.39 is 24.3 Å². The van der Waals surface area contributed by atoms with E-state index in [1.54, 1.807) is 0 Å². The Morgan fingerprint density at radius 2 is 0.891 bits per heavy atom. The van der Waals surface area contributed by atoms with Crippen LogP contribution >= 0.6 is 0 Å². The van der Waals surface area contributed by atoms with Gasteiger partial charge in [-0.15, -0.1) is 0 Å². The molecule has 364 valence electrons. The Kier molecular flexibility index (Phi) is 43.1. The monoisotopic (exact) mass is 894 g/mol. The number of esters is 2. The first-order chi connectivity index (χ1) is 31.1. The van der Waals surface area contributed by atoms with E-state index in [1.165, 1.54) is 32.1 Å². The minimum Gasteiger partial charge on any atom is -0.545 e. The van der Waals surface area contributed by atoms with E-state index in [9.17, 15) is 19.5 Å². The number of carboxylic acids is 1. The van der Waals surface area contributed by atoms with Gasteiger partial charge in [-0.05, 0) is 77.0 Å². The number of hydrogen-bond donors (Lipinski definition) is 0. The quantitative estimate of drug-likeness (QED) is 0.0195. The SMILES string of the molecule is CC/C=C\C/C=C\C/C=C\C/C=C\C/C=C\C/C=C\C/C=C\C/C=C\CCCCCCCCCCC(=O)OC(COC(=O)CCCCCCCC)COC(OCC[N+](C)(C)C)C(=O)[O-]. The first kappa shape index (κ1) is 60.2. The Labute approximate surface area is 391 Å². The molecule has 0 aliphatic rings. The zero-order valence-corrected chi connectivity index (χ0v) is 41.1. The summed E-state index contributed by atoms with van der Waals surface area (Å²) in [7, 11) is 5.89. The minimum absolute atomic E-state index is 0.142. The smallest absolute Gasteiger partial charge is 0.306 e. The molecule has 0 rings (SSSR count). The van der Waals surface area contributed by atoms with Crippen LogP contribution in [0.25, 0.3) is 0 Å². The number of likely N-dealkylation sites (N-methyl/N-ethyl adjacent to an activating group) is 1. The fourth-order valence-electron chi connectivity index (χ4n) is 6.26. The zero-order valence-electron chi connectivity index (χ0n) is 41.1. The molecule has 0 heterocycles. The number of aliphatic carboxylic acids is 1. The Morgan fingerprint density at radius 1 is 0.484 bits per heavy atom. The van der Waals surface area contributed by atoms with Crippen molar-refractivity contribution in [1.82, 2.24) is 0 Å². The van der Waals surface area contributed by atoms with Crippen LogP contribution in [0.3, 0.4) is 0 Å². The van der Waals surface area contributed by atoms with Gasteiger partial charge in [-0.3, -0.25) is 9.59 Å². The van der Waals surface area contributed by atoms with Crippen LogP contribution in [0.1, 0.15) is 174 Å². The molecule has 0 aliphatic carbocycles. The molecule has 9 nitrogen and oxygen atoms in total. The van der Waals surface area contributed by atoms with Crippen molar-refractivity contribution in [3.8, 4) is 0 Å². The van der Waals surface area contributed by atoms with Crippen molar-refractivity contribution in [3.63, 3.8) is 0 Å². The van der Waals surface area contributed by atoms with Crippen molar-refractivity contribution in [1.29, 1.82) is 0 Å². The van der Waals surface area contributed by atoms with Crippen molar-refractivity contribution in [2.45, 2.75) is 187 Å². The summed E-state index contributed by atoms with van der Waals surface area (Å²) in [5.41, 5.74) is 0. The van der Waals surface area contributed by atoms with Gasteiger partial charge in [-0.2, -0.15) is 0 Å². The van der Waals surface area contributed by atoms with Gasteiger partial charge in [0.2, 0.25) is 0 Å². The molecular formula is C55H91NO8. The normalized spacial score (nSPS) is 13.7. The average molecular weight is 894 g/mol. The molecule has 0 fully saturated rings. The standard InChI is InChI=1S/C55H91NO8/c1-6-8-10-12-14-15-16-17-18-19-20-21-22-23-24-25-26-27-28-29-30-31-32-33-34-35-36-37-38-39-40-42-44-46-53(58)64-51(49-62-52(57)45-43-41-13-11-9-7-2)50-63-55(54(59)60)61-48-47-56(3,4)5/h8,10,14-15,17-18,20-21,23-24,26-27,29-30,32-33,51,55H,6-7,9,11-13,16,19,22,25,28,31,34-50H2,1-5H3/b10-8-,15-14-,18-17-,21-20-,24-23-,27-26-,30-29-,33-32-. The summed E-state index contributed by atoms with van der Waals surface area (Å²) in [6.45, 7) is 4.52. The summed E-state index contributed by atoms with van der Waals surface area (Å²) in [5.74, 6) is -2.32. The first-order valence-corrected chi connectivity index (χ1v) is 24.9. The van der Waals surface area contributed by atoms with Crippen LogP contribution in [-0.2, 0) is 33.3 Å². The van der Waals surface area contributed by atoms with Crippen LogP contribution in [0, 0.1) is 0 Å². The maximum atomic E-state index is 12.7. The van der Waals surface area contributed by atoms with E-state index in [4.69, 9.17) is 18.9 Å². The number of unbranched alkanes of at least 4 members (excludes halogenated alkanes) is 13. The molecule has 0 saturated heterocycles. The number of carboxylic acid groups (broad SMARTS) is 1. The maximum absolute atomic E-state index is 12.7. The highest BCUT2D eigenvalue weighted by molar-refractivity contribution is 5.70. The fraction of sp³-hybridized carbons (Fsp3) is 0.655. The molecule has 64 heavy (non-hydrogen) atoms. The van der Waals surface area contributed by atoms with Gasteiger partial charge in [-0.1, -0.05) is 182 Å². The van der Waals surface area contributed by atoms with Gasteiger partial charge in [0, 0.05) is 12.8 Å². The van der Waals surface area contributed by atoms with Crippen molar-refractivity contribution >= 4 is 17.9 Å². The number of hydrogen-bond acceptors (Lipinski definition) is 8. The number of nitrogens with zero attached hydrogens (tertiary/aromatic N) is 1. The number of allylic oxidation sites excluding steroid dienone is 16. The molecule has 0 aromatic heterocycles. The van der Waals surface area contributed by atoms with Gasteiger partial charge in [0.15, 0.2) is 12.4 Å². The number of rotatable bonds is 44. The number of carbonyl (C=O) groups is 3. The van der Waals surface area contributed by atoms with Crippen LogP contribution in [0.5, 0.6) is 0 Å². The number of carbonyl (C=O) groups excluding carboxylic acids is 3. The molecule has 0 aromatic carbocycles. The second-order valence-corrected chi connectivity index (χ2v) is 17.4. The van der Waals surface area contributed by atoms with Gasteiger partial charge in [-0.25, -0.2) is 0 Å². The summed E-state index contributed by atoms with van der Waals surface area (Å²) in [5, 5.41) is 11.7. The van der Waals surface area contributed by atoms with Gasteiger partial charge >= 0.3 is 11.9 Å². The lowest BCUT2D eigenvalue weighted by atomic mass is 10.1. The van der Waals surface area contributed by atoms with E-state index in [2.05, 4.69) is 111 Å². The summed E-state index contributed by atoms with van der Waals surface area (Å²) in [4.78, 5) is 36.8. The molecule has 0 bridgehead atoms. The van der Waals surface area contributed by atoms with Crippen LogP contribution in [0.15, 0.2) is 97.2 Å². The second-order valence-electron chi connectivity index (χ2n) is 17.4. The Balaban J connectivity index is 4.14. The predicted molar refractivity (Wildman–Crippen MR) is 264 cm³/mol. The summed E-state index contributed by atoms with van der Waals surface area (Å²) in [6, 6.07) is 0. The lowest BCUT2D eigenvalue weighted by Crippen LogP contribution is -2.44. The van der Waals surface area contributed by atoms with Gasteiger partial charge < -0.3 is 33.3 Å². The van der Waals surface area contributed by atoms with E-state index in [-0.39, 0.29) is 38.6 Å². The van der Waals surface area contributed by atoms with E-state index >= 15 is 0 Å². The molecule has 9 heteroatoms.